The number of ether oxygens (including phenoxy) is 2. The summed E-state index contributed by atoms with van der Waals surface area (Å²) in [7, 11) is 0. The monoisotopic (exact) mass is 469 g/mol. The van der Waals surface area contributed by atoms with Gasteiger partial charge in [-0.15, -0.1) is 0 Å². The molecule has 1 N–H and O–H groups in total. The highest BCUT2D eigenvalue weighted by atomic mass is 16.5. The minimum atomic E-state index is -0.00876. The Bertz CT molecular complexity index is 1200. The zero-order valence-corrected chi connectivity index (χ0v) is 20.1. The minimum absolute atomic E-state index is 0.00876. The number of fused-ring (bicyclic) bond motifs is 5. The molecule has 2 bridgehead atoms. The highest BCUT2D eigenvalue weighted by Crippen LogP contribution is 2.39. The zero-order chi connectivity index (χ0) is 23.7. The van der Waals surface area contributed by atoms with Gasteiger partial charge >= 0.3 is 0 Å². The van der Waals surface area contributed by atoms with Gasteiger partial charge in [0.25, 0.3) is 5.91 Å². The van der Waals surface area contributed by atoms with Crippen LogP contribution < -0.4 is 14.8 Å². The van der Waals surface area contributed by atoms with E-state index in [1.807, 2.05) is 60.7 Å². The fourth-order valence-corrected chi connectivity index (χ4v) is 6.21. The number of hydrogen-bond donors (Lipinski definition) is 1. The lowest BCUT2D eigenvalue weighted by atomic mass is 9.81. The Kier molecular flexibility index (Phi) is 5.95. The molecular formula is C30H33N2O3+. The van der Waals surface area contributed by atoms with Crippen LogP contribution in [0.4, 0.5) is 0 Å². The lowest BCUT2D eigenvalue weighted by Gasteiger charge is -2.52. The maximum Gasteiger partial charge on any atom is 0.255 e. The molecule has 1 amide bonds. The number of para-hydroxylation sites is 3. The van der Waals surface area contributed by atoms with Crippen molar-refractivity contribution in [2.75, 3.05) is 32.8 Å². The van der Waals surface area contributed by atoms with Crippen molar-refractivity contribution in [1.82, 2.24) is 5.32 Å². The normalized spacial score (nSPS) is 24.1. The van der Waals surface area contributed by atoms with Gasteiger partial charge in [-0.3, -0.25) is 4.79 Å². The molecule has 5 heteroatoms. The molecule has 3 aromatic carbocycles. The Morgan fingerprint density at radius 1 is 0.943 bits per heavy atom. The van der Waals surface area contributed by atoms with E-state index in [9.17, 15) is 4.79 Å². The van der Waals surface area contributed by atoms with Crippen LogP contribution in [0.5, 0.6) is 17.2 Å². The number of rotatable bonds is 7. The molecule has 0 spiro atoms. The number of nitrogens with one attached hydrogen (secondary N) is 1. The van der Waals surface area contributed by atoms with Crippen LogP contribution in [0.15, 0.2) is 72.8 Å². The van der Waals surface area contributed by atoms with Crippen LogP contribution in [-0.2, 0) is 6.42 Å². The third-order valence-electron chi connectivity index (χ3n) is 8.11. The second-order valence-electron chi connectivity index (χ2n) is 10.3. The summed E-state index contributed by atoms with van der Waals surface area (Å²) < 4.78 is 13.3. The molecule has 0 unspecified atom stereocenters. The van der Waals surface area contributed by atoms with Crippen LogP contribution in [0.1, 0.15) is 40.7 Å². The lowest BCUT2D eigenvalue weighted by molar-refractivity contribution is -0.944. The standard InChI is InChI=1S/C30H32N2O3/c33-30(26-12-6-9-24-20-23-8-4-5-13-28(23)35-29(24)26)31-27-21-32(17-14-22(27)15-18-32)16-7-19-34-25-10-2-1-3-11-25/h1-6,8-13,22,27H,7,14-21H2/p+1/t22?,27-,32?/m1/s1. The minimum Gasteiger partial charge on any atom is -0.493 e. The van der Waals surface area contributed by atoms with Crippen LogP contribution in [-0.4, -0.2) is 49.2 Å². The molecule has 4 aliphatic rings. The second kappa shape index (κ2) is 9.38. The molecule has 7 rings (SSSR count). The molecule has 180 valence electrons. The van der Waals surface area contributed by atoms with E-state index in [1.165, 1.54) is 25.9 Å². The summed E-state index contributed by atoms with van der Waals surface area (Å²) in [6.07, 6.45) is 4.19. The first kappa shape index (κ1) is 22.2. The number of carbonyl (C=O) groups excluding carboxylic acids is 1. The number of benzene rings is 3. The SMILES string of the molecule is O=C(N[C@@H]1C[N+]2(CCCOc3ccccc3)CCC1CC2)c1cccc2c1Oc1ccccc1C2. The van der Waals surface area contributed by atoms with Crippen molar-refractivity contribution in [3.8, 4) is 17.2 Å². The fraction of sp³-hybridized carbons (Fsp3) is 0.367. The van der Waals surface area contributed by atoms with E-state index in [-0.39, 0.29) is 11.9 Å². The highest BCUT2D eigenvalue weighted by molar-refractivity contribution is 5.98. The number of carbonyl (C=O) groups is 1. The molecule has 1 atom stereocenters. The third-order valence-corrected chi connectivity index (χ3v) is 8.11. The zero-order valence-electron chi connectivity index (χ0n) is 20.1. The summed E-state index contributed by atoms with van der Waals surface area (Å²) in [4.78, 5) is 13.5. The van der Waals surface area contributed by atoms with Gasteiger partial charge in [0, 0.05) is 31.2 Å². The van der Waals surface area contributed by atoms with Crippen molar-refractivity contribution >= 4 is 5.91 Å². The van der Waals surface area contributed by atoms with Gasteiger partial charge in [0.05, 0.1) is 44.4 Å². The van der Waals surface area contributed by atoms with Gasteiger partial charge in [0.1, 0.15) is 17.2 Å². The van der Waals surface area contributed by atoms with Gasteiger partial charge in [-0.25, -0.2) is 0 Å². The van der Waals surface area contributed by atoms with Crippen LogP contribution in [0.25, 0.3) is 0 Å². The number of hydrogen-bond acceptors (Lipinski definition) is 3. The molecule has 5 nitrogen and oxygen atoms in total. The maximum atomic E-state index is 13.5. The average molecular weight is 470 g/mol. The van der Waals surface area contributed by atoms with Gasteiger partial charge in [-0.1, -0.05) is 48.5 Å². The third kappa shape index (κ3) is 4.53. The molecule has 3 saturated heterocycles. The first-order valence-electron chi connectivity index (χ1n) is 12.9. The highest BCUT2D eigenvalue weighted by Gasteiger charge is 2.46. The summed E-state index contributed by atoms with van der Waals surface area (Å²) in [5.74, 6) is 3.06. The summed E-state index contributed by atoms with van der Waals surface area (Å²) in [6, 6.07) is 24.3. The second-order valence-corrected chi connectivity index (χ2v) is 10.3. The van der Waals surface area contributed by atoms with Crippen molar-refractivity contribution in [3.63, 3.8) is 0 Å². The number of piperidine rings is 3. The van der Waals surface area contributed by atoms with Crippen LogP contribution >= 0.6 is 0 Å². The maximum absolute atomic E-state index is 13.5. The van der Waals surface area contributed by atoms with E-state index < -0.39 is 0 Å². The average Bonchev–Trinajstić information content (AvgIpc) is 2.91. The van der Waals surface area contributed by atoms with Crippen molar-refractivity contribution in [1.29, 1.82) is 0 Å². The quantitative estimate of drug-likeness (QED) is 0.299. The summed E-state index contributed by atoms with van der Waals surface area (Å²) in [6.45, 7) is 5.28. The number of nitrogens with zero attached hydrogens (tertiary/aromatic N) is 1. The largest absolute Gasteiger partial charge is 0.493 e. The Labute approximate surface area is 207 Å². The number of amides is 1. The lowest BCUT2D eigenvalue weighted by Crippen LogP contribution is -2.67. The number of quaternary nitrogens is 1. The van der Waals surface area contributed by atoms with Gasteiger partial charge < -0.3 is 19.3 Å². The first-order chi connectivity index (χ1) is 17.2. The van der Waals surface area contributed by atoms with E-state index in [0.29, 0.717) is 17.2 Å². The van der Waals surface area contributed by atoms with E-state index in [1.54, 1.807) is 0 Å². The fourth-order valence-electron chi connectivity index (χ4n) is 6.21. The molecule has 35 heavy (non-hydrogen) atoms. The Balaban J connectivity index is 1.10. The van der Waals surface area contributed by atoms with E-state index in [0.717, 1.165) is 59.6 Å². The molecule has 3 fully saturated rings. The van der Waals surface area contributed by atoms with Gasteiger partial charge in [0.2, 0.25) is 0 Å². The van der Waals surface area contributed by atoms with E-state index in [4.69, 9.17) is 9.47 Å². The molecule has 0 aliphatic carbocycles. The van der Waals surface area contributed by atoms with Gasteiger partial charge in [-0.2, -0.15) is 0 Å². The predicted molar refractivity (Wildman–Crippen MR) is 136 cm³/mol. The van der Waals surface area contributed by atoms with Crippen LogP contribution in [0, 0.1) is 5.92 Å². The molecule has 4 aliphatic heterocycles. The van der Waals surface area contributed by atoms with Crippen molar-refractivity contribution in [2.45, 2.75) is 31.7 Å². The molecule has 4 heterocycles. The molecule has 0 aromatic heterocycles. The first-order valence-corrected chi connectivity index (χ1v) is 12.9. The van der Waals surface area contributed by atoms with Crippen LogP contribution in [0.2, 0.25) is 0 Å². The van der Waals surface area contributed by atoms with Gasteiger partial charge in [-0.05, 0) is 35.7 Å². The molecule has 0 radical (unpaired) electrons. The topological polar surface area (TPSA) is 47.6 Å². The smallest absolute Gasteiger partial charge is 0.255 e. The summed E-state index contributed by atoms with van der Waals surface area (Å²) in [5, 5.41) is 3.42. The molecule has 3 aromatic rings. The Morgan fingerprint density at radius 2 is 1.71 bits per heavy atom. The van der Waals surface area contributed by atoms with Crippen molar-refractivity contribution < 1.29 is 18.8 Å². The van der Waals surface area contributed by atoms with E-state index >= 15 is 0 Å². The van der Waals surface area contributed by atoms with E-state index in [2.05, 4.69) is 17.4 Å². The van der Waals surface area contributed by atoms with Crippen molar-refractivity contribution in [2.24, 2.45) is 5.92 Å². The van der Waals surface area contributed by atoms with Gasteiger partial charge in [0.15, 0.2) is 0 Å². The molecule has 0 saturated carbocycles. The van der Waals surface area contributed by atoms with Crippen molar-refractivity contribution in [3.05, 3.63) is 89.5 Å². The summed E-state index contributed by atoms with van der Waals surface area (Å²) >= 11 is 0. The Morgan fingerprint density at radius 3 is 2.57 bits per heavy atom. The summed E-state index contributed by atoms with van der Waals surface area (Å²) in [5.41, 5.74) is 2.89. The molecular weight excluding hydrogens is 436 g/mol. The van der Waals surface area contributed by atoms with Crippen LogP contribution in [0.3, 0.4) is 0 Å². The Hall–Kier alpha value is -3.31. The predicted octanol–water partition coefficient (Wildman–Crippen LogP) is 5.19.